The topological polar surface area (TPSA) is 43.4 Å². The summed E-state index contributed by atoms with van der Waals surface area (Å²) < 4.78 is 11.6. The molecule has 104 valence electrons. The number of thiophene rings is 1. The molecule has 0 aliphatic rings. The molecule has 0 amide bonds. The molecule has 1 unspecified atom stereocenters. The summed E-state index contributed by atoms with van der Waals surface area (Å²) in [5.41, 5.74) is 2.29. The zero-order chi connectivity index (χ0) is 13.5. The van der Waals surface area contributed by atoms with Gasteiger partial charge < -0.3 is 14.8 Å². The molecule has 5 heteroatoms. The highest BCUT2D eigenvalue weighted by atomic mass is 32.1. The molecule has 0 saturated heterocycles. The van der Waals surface area contributed by atoms with E-state index in [0.29, 0.717) is 19.8 Å². The number of methoxy groups -OCH3 is 1. The molecule has 2 rings (SSSR count). The summed E-state index contributed by atoms with van der Waals surface area (Å²) in [4.78, 5) is 4.45. The number of hydrogen-bond acceptors (Lipinski definition) is 5. The first-order valence-corrected chi connectivity index (χ1v) is 7.32. The smallest absolute Gasteiger partial charge is 0.0809 e. The number of ether oxygens (including phenoxy) is 2. The Morgan fingerprint density at radius 2 is 2.26 bits per heavy atom. The molecule has 2 aromatic heterocycles. The SMILES string of the molecule is COCCOCCNC(C)c1cnc2ccsc2c1. The van der Waals surface area contributed by atoms with Crippen molar-refractivity contribution in [2.75, 3.05) is 33.5 Å². The van der Waals surface area contributed by atoms with Gasteiger partial charge in [0.25, 0.3) is 0 Å². The zero-order valence-electron chi connectivity index (χ0n) is 11.4. The molecule has 19 heavy (non-hydrogen) atoms. The number of fused-ring (bicyclic) bond motifs is 1. The second-order valence-corrected chi connectivity index (χ2v) is 5.30. The Morgan fingerprint density at radius 1 is 1.37 bits per heavy atom. The highest BCUT2D eigenvalue weighted by molar-refractivity contribution is 7.17. The third-order valence-corrected chi connectivity index (χ3v) is 3.81. The average molecular weight is 280 g/mol. The van der Waals surface area contributed by atoms with E-state index in [1.807, 2.05) is 12.3 Å². The van der Waals surface area contributed by atoms with Crippen LogP contribution in [-0.2, 0) is 9.47 Å². The monoisotopic (exact) mass is 280 g/mol. The Hall–Kier alpha value is -1.01. The first kappa shape index (κ1) is 14.4. The zero-order valence-corrected chi connectivity index (χ0v) is 12.2. The molecule has 1 N–H and O–H groups in total. The molecule has 0 saturated carbocycles. The van der Waals surface area contributed by atoms with Crippen molar-refractivity contribution < 1.29 is 9.47 Å². The van der Waals surface area contributed by atoms with Crippen LogP contribution >= 0.6 is 11.3 Å². The Labute approximate surface area is 117 Å². The molecule has 0 bridgehead atoms. The van der Waals surface area contributed by atoms with Gasteiger partial charge in [0.15, 0.2) is 0 Å². The van der Waals surface area contributed by atoms with E-state index in [-0.39, 0.29) is 6.04 Å². The summed E-state index contributed by atoms with van der Waals surface area (Å²) in [6.45, 7) is 4.96. The van der Waals surface area contributed by atoms with Gasteiger partial charge in [-0.25, -0.2) is 0 Å². The molecule has 0 fully saturated rings. The van der Waals surface area contributed by atoms with E-state index in [0.717, 1.165) is 12.1 Å². The summed E-state index contributed by atoms with van der Waals surface area (Å²) >= 11 is 1.73. The molecule has 0 aliphatic carbocycles. The van der Waals surface area contributed by atoms with Crippen LogP contribution in [0.4, 0.5) is 0 Å². The van der Waals surface area contributed by atoms with Gasteiger partial charge >= 0.3 is 0 Å². The molecule has 0 spiro atoms. The number of hydrogen-bond donors (Lipinski definition) is 1. The van der Waals surface area contributed by atoms with Crippen molar-refractivity contribution in [1.29, 1.82) is 0 Å². The lowest BCUT2D eigenvalue weighted by Gasteiger charge is -2.14. The van der Waals surface area contributed by atoms with Crippen LogP contribution < -0.4 is 5.32 Å². The van der Waals surface area contributed by atoms with Crippen molar-refractivity contribution in [1.82, 2.24) is 10.3 Å². The van der Waals surface area contributed by atoms with Gasteiger partial charge in [-0.05, 0) is 30.0 Å². The first-order chi connectivity index (χ1) is 9.31. The Balaban J connectivity index is 1.77. The fraction of sp³-hybridized carbons (Fsp3) is 0.500. The van der Waals surface area contributed by atoms with Crippen molar-refractivity contribution in [2.45, 2.75) is 13.0 Å². The van der Waals surface area contributed by atoms with Crippen LogP contribution in [0.25, 0.3) is 10.2 Å². The maximum absolute atomic E-state index is 5.42. The van der Waals surface area contributed by atoms with E-state index in [9.17, 15) is 0 Å². The van der Waals surface area contributed by atoms with Crippen LogP contribution in [-0.4, -0.2) is 38.5 Å². The van der Waals surface area contributed by atoms with E-state index < -0.39 is 0 Å². The van der Waals surface area contributed by atoms with Crippen LogP contribution in [0.2, 0.25) is 0 Å². The largest absolute Gasteiger partial charge is 0.382 e. The fourth-order valence-electron chi connectivity index (χ4n) is 1.81. The van der Waals surface area contributed by atoms with Gasteiger partial charge in [-0.3, -0.25) is 4.98 Å². The van der Waals surface area contributed by atoms with E-state index in [1.165, 1.54) is 10.3 Å². The van der Waals surface area contributed by atoms with Crippen LogP contribution in [0, 0.1) is 0 Å². The Bertz CT molecular complexity index is 501. The van der Waals surface area contributed by atoms with Crippen LogP contribution in [0.15, 0.2) is 23.7 Å². The molecule has 1 atom stereocenters. The minimum atomic E-state index is 0.282. The Morgan fingerprint density at radius 3 is 3.11 bits per heavy atom. The van der Waals surface area contributed by atoms with Gasteiger partial charge in [-0.15, -0.1) is 11.3 Å². The second-order valence-electron chi connectivity index (χ2n) is 4.35. The third-order valence-electron chi connectivity index (χ3n) is 2.95. The fourth-order valence-corrected chi connectivity index (χ4v) is 2.60. The molecule has 0 radical (unpaired) electrons. The number of nitrogens with one attached hydrogen (secondary N) is 1. The lowest BCUT2D eigenvalue weighted by atomic mass is 10.1. The highest BCUT2D eigenvalue weighted by Crippen LogP contribution is 2.22. The van der Waals surface area contributed by atoms with Crippen molar-refractivity contribution in [3.63, 3.8) is 0 Å². The van der Waals surface area contributed by atoms with Crippen molar-refractivity contribution in [2.24, 2.45) is 0 Å². The van der Waals surface area contributed by atoms with E-state index in [2.05, 4.69) is 28.7 Å². The van der Waals surface area contributed by atoms with Crippen LogP contribution in [0.3, 0.4) is 0 Å². The van der Waals surface area contributed by atoms with Gasteiger partial charge in [0.1, 0.15) is 0 Å². The quantitative estimate of drug-likeness (QED) is 0.755. The summed E-state index contributed by atoms with van der Waals surface area (Å²) in [5, 5.41) is 5.50. The van der Waals surface area contributed by atoms with Crippen molar-refractivity contribution in [3.8, 4) is 0 Å². The number of aromatic nitrogens is 1. The minimum Gasteiger partial charge on any atom is -0.382 e. The van der Waals surface area contributed by atoms with Gasteiger partial charge in [0.2, 0.25) is 0 Å². The van der Waals surface area contributed by atoms with Crippen molar-refractivity contribution in [3.05, 3.63) is 29.3 Å². The Kier molecular flexibility index (Phi) is 5.72. The molecular weight excluding hydrogens is 260 g/mol. The van der Waals surface area contributed by atoms with Gasteiger partial charge in [-0.2, -0.15) is 0 Å². The third kappa shape index (κ3) is 4.24. The average Bonchev–Trinajstić information content (AvgIpc) is 2.89. The molecule has 0 aromatic carbocycles. The van der Waals surface area contributed by atoms with E-state index in [4.69, 9.17) is 9.47 Å². The predicted molar refractivity (Wildman–Crippen MR) is 78.7 cm³/mol. The van der Waals surface area contributed by atoms with E-state index in [1.54, 1.807) is 18.4 Å². The summed E-state index contributed by atoms with van der Waals surface area (Å²) in [7, 11) is 1.68. The van der Waals surface area contributed by atoms with Gasteiger partial charge in [-0.1, -0.05) is 0 Å². The maximum Gasteiger partial charge on any atom is 0.0809 e. The van der Waals surface area contributed by atoms with Crippen molar-refractivity contribution >= 4 is 21.6 Å². The maximum atomic E-state index is 5.42. The molecule has 4 nitrogen and oxygen atoms in total. The minimum absolute atomic E-state index is 0.282. The van der Waals surface area contributed by atoms with Crippen LogP contribution in [0.1, 0.15) is 18.5 Å². The first-order valence-electron chi connectivity index (χ1n) is 6.44. The lowest BCUT2D eigenvalue weighted by Crippen LogP contribution is -2.23. The molecule has 2 heterocycles. The normalized spacial score (nSPS) is 12.9. The number of pyridine rings is 1. The van der Waals surface area contributed by atoms with Gasteiger partial charge in [0, 0.05) is 25.9 Å². The summed E-state index contributed by atoms with van der Waals surface area (Å²) in [5.74, 6) is 0. The summed E-state index contributed by atoms with van der Waals surface area (Å²) in [6.07, 6.45) is 1.94. The molecule has 2 aromatic rings. The van der Waals surface area contributed by atoms with E-state index >= 15 is 0 Å². The molecule has 0 aliphatic heterocycles. The van der Waals surface area contributed by atoms with Crippen LogP contribution in [0.5, 0.6) is 0 Å². The number of rotatable bonds is 8. The second kappa shape index (κ2) is 7.55. The highest BCUT2D eigenvalue weighted by Gasteiger charge is 2.06. The number of nitrogens with zero attached hydrogens (tertiary/aromatic N) is 1. The summed E-state index contributed by atoms with van der Waals surface area (Å²) in [6, 6.07) is 4.53. The predicted octanol–water partition coefficient (Wildman–Crippen LogP) is 2.61. The standard InChI is InChI=1S/C14H20N2O2S/c1-11(15-4-5-18-7-6-17-2)12-9-14-13(16-10-12)3-8-19-14/h3,8-11,15H,4-7H2,1-2H3. The lowest BCUT2D eigenvalue weighted by molar-refractivity contribution is 0.0712. The van der Waals surface area contributed by atoms with Gasteiger partial charge in [0.05, 0.1) is 30.0 Å². The molecular formula is C14H20N2O2S.